The molecule has 1 aromatic carbocycles. The number of carbonyl (C=O) groups excluding carboxylic acids is 3. The van der Waals surface area contributed by atoms with Gasteiger partial charge in [-0.05, 0) is 31.2 Å². The van der Waals surface area contributed by atoms with Crippen LogP contribution in [0.1, 0.15) is 50.2 Å². The molecular formula is C24H38N8O5. The molecule has 3 atom stereocenters. The third-order valence-corrected chi connectivity index (χ3v) is 5.62. The van der Waals surface area contributed by atoms with Gasteiger partial charge in [-0.25, -0.2) is 4.79 Å². The van der Waals surface area contributed by atoms with E-state index in [2.05, 4.69) is 20.9 Å². The second kappa shape index (κ2) is 15.8. The molecule has 1 rings (SSSR count). The summed E-state index contributed by atoms with van der Waals surface area (Å²) in [5.74, 6) is -4.43. The summed E-state index contributed by atoms with van der Waals surface area (Å²) in [5.41, 5.74) is 17.2. The number of nitrogens with one attached hydrogen (secondary N) is 4. The molecule has 11 N–H and O–H groups in total. The molecule has 204 valence electrons. The standard InChI is InChI=1S/C24H38N8O5/c1-3-4-6-17(22(35)32-18(23(36)37)7-5-12-30-24(27)28)31-21(34)16(20(33)29-2)13-14-8-10-15(11-9-14)19(25)26/h8-11,16-18H,3-7,12-13H2,1-2H3,(H3,25,26)(H,29,33)(H,31,34)(H,32,35)(H,36,37)(H4,27,28,30)/t16?,17-,18-/m0/s1. The van der Waals surface area contributed by atoms with Crippen molar-refractivity contribution in [1.29, 1.82) is 5.41 Å². The fourth-order valence-electron chi connectivity index (χ4n) is 3.52. The molecule has 0 spiro atoms. The maximum absolute atomic E-state index is 13.1. The highest BCUT2D eigenvalue weighted by Gasteiger charge is 2.31. The SMILES string of the molecule is CCCC[C@H](NC(=O)C(Cc1ccc(C(=N)N)cc1)C(=O)NC)C(=O)N[C@@H](CCCN=C(N)N)C(=O)O. The molecule has 13 heteroatoms. The van der Waals surface area contributed by atoms with Crippen LogP contribution in [0.2, 0.25) is 0 Å². The van der Waals surface area contributed by atoms with Crippen LogP contribution in [0.5, 0.6) is 0 Å². The van der Waals surface area contributed by atoms with Gasteiger partial charge < -0.3 is 38.3 Å². The van der Waals surface area contributed by atoms with Gasteiger partial charge in [-0.2, -0.15) is 0 Å². The third-order valence-electron chi connectivity index (χ3n) is 5.62. The van der Waals surface area contributed by atoms with E-state index >= 15 is 0 Å². The molecule has 0 aliphatic heterocycles. The zero-order valence-corrected chi connectivity index (χ0v) is 21.3. The second-order valence-electron chi connectivity index (χ2n) is 8.53. The molecule has 0 aromatic heterocycles. The quantitative estimate of drug-likeness (QED) is 0.0593. The van der Waals surface area contributed by atoms with E-state index in [1.807, 2.05) is 6.92 Å². The number of benzene rings is 1. The van der Waals surface area contributed by atoms with Gasteiger partial charge in [0.2, 0.25) is 17.7 Å². The van der Waals surface area contributed by atoms with Crippen LogP contribution in [0.25, 0.3) is 0 Å². The summed E-state index contributed by atoms with van der Waals surface area (Å²) in [4.78, 5) is 54.1. The molecule has 1 unspecified atom stereocenters. The van der Waals surface area contributed by atoms with Gasteiger partial charge in [-0.3, -0.25) is 24.8 Å². The lowest BCUT2D eigenvalue weighted by atomic mass is 9.95. The first-order valence-corrected chi connectivity index (χ1v) is 12.0. The summed E-state index contributed by atoms with van der Waals surface area (Å²) >= 11 is 0. The third kappa shape index (κ3) is 11.0. The van der Waals surface area contributed by atoms with E-state index in [1.54, 1.807) is 24.3 Å². The number of nitrogen functional groups attached to an aromatic ring is 1. The number of carboxylic acids is 1. The van der Waals surface area contributed by atoms with Crippen LogP contribution in [-0.2, 0) is 25.6 Å². The number of amides is 3. The molecule has 0 aliphatic carbocycles. The molecule has 3 amide bonds. The Morgan fingerprint density at radius 1 is 0.946 bits per heavy atom. The topological polar surface area (TPSA) is 239 Å². The van der Waals surface area contributed by atoms with Gasteiger partial charge in [0.1, 0.15) is 23.8 Å². The van der Waals surface area contributed by atoms with Crippen molar-refractivity contribution in [3.8, 4) is 0 Å². The first-order valence-electron chi connectivity index (χ1n) is 12.0. The van der Waals surface area contributed by atoms with Crippen molar-refractivity contribution in [3.05, 3.63) is 35.4 Å². The Balaban J connectivity index is 2.99. The van der Waals surface area contributed by atoms with Crippen LogP contribution in [0.15, 0.2) is 29.3 Å². The lowest BCUT2D eigenvalue weighted by Gasteiger charge is -2.23. The molecule has 0 fully saturated rings. The van der Waals surface area contributed by atoms with Crippen molar-refractivity contribution >= 4 is 35.5 Å². The predicted octanol–water partition coefficient (Wildman–Crippen LogP) is -0.827. The molecule has 13 nitrogen and oxygen atoms in total. The fourth-order valence-corrected chi connectivity index (χ4v) is 3.52. The number of carbonyl (C=O) groups is 4. The van der Waals surface area contributed by atoms with Gasteiger partial charge >= 0.3 is 5.97 Å². The molecule has 0 radical (unpaired) electrons. The van der Waals surface area contributed by atoms with Crippen LogP contribution in [0.4, 0.5) is 0 Å². The summed E-state index contributed by atoms with van der Waals surface area (Å²) in [6.45, 7) is 2.12. The van der Waals surface area contributed by atoms with Crippen LogP contribution in [0.3, 0.4) is 0 Å². The maximum Gasteiger partial charge on any atom is 0.326 e. The number of nitrogens with zero attached hydrogens (tertiary/aromatic N) is 1. The highest BCUT2D eigenvalue weighted by atomic mass is 16.4. The van der Waals surface area contributed by atoms with Gasteiger partial charge in [0.05, 0.1) is 0 Å². The molecule has 1 aromatic rings. The molecule has 0 heterocycles. The van der Waals surface area contributed by atoms with E-state index < -0.39 is 41.7 Å². The number of unbranched alkanes of at least 4 members (excludes halogenated alkanes) is 1. The fraction of sp³-hybridized carbons (Fsp3) is 0.500. The lowest BCUT2D eigenvalue weighted by Crippen LogP contribution is -2.54. The minimum Gasteiger partial charge on any atom is -0.480 e. The van der Waals surface area contributed by atoms with E-state index in [4.69, 9.17) is 22.6 Å². The Morgan fingerprint density at radius 2 is 1.54 bits per heavy atom. The van der Waals surface area contributed by atoms with Gasteiger partial charge in [0.25, 0.3) is 0 Å². The van der Waals surface area contributed by atoms with E-state index in [9.17, 15) is 24.3 Å². The highest BCUT2D eigenvalue weighted by Crippen LogP contribution is 2.13. The summed E-state index contributed by atoms with van der Waals surface area (Å²) in [7, 11) is 1.41. The normalized spacial score (nSPS) is 12.9. The molecule has 0 bridgehead atoms. The number of aliphatic imine (C=N–C) groups is 1. The van der Waals surface area contributed by atoms with Crippen molar-refractivity contribution in [2.45, 2.75) is 57.5 Å². The van der Waals surface area contributed by atoms with Crippen LogP contribution in [0, 0.1) is 11.3 Å². The number of hydrogen-bond donors (Lipinski definition) is 8. The highest BCUT2D eigenvalue weighted by molar-refractivity contribution is 6.02. The molecule has 0 aliphatic rings. The van der Waals surface area contributed by atoms with E-state index in [0.717, 1.165) is 6.42 Å². The molecule has 37 heavy (non-hydrogen) atoms. The van der Waals surface area contributed by atoms with Crippen molar-refractivity contribution in [3.63, 3.8) is 0 Å². The molecule has 0 saturated heterocycles. The Morgan fingerprint density at radius 3 is 2.05 bits per heavy atom. The molecular weight excluding hydrogens is 480 g/mol. The second-order valence-corrected chi connectivity index (χ2v) is 8.53. The Labute approximate surface area is 216 Å². The first-order chi connectivity index (χ1) is 17.5. The zero-order chi connectivity index (χ0) is 28.0. The van der Waals surface area contributed by atoms with Crippen LogP contribution < -0.4 is 33.2 Å². The van der Waals surface area contributed by atoms with E-state index in [1.165, 1.54) is 7.05 Å². The van der Waals surface area contributed by atoms with Crippen molar-refractivity contribution in [2.75, 3.05) is 13.6 Å². The van der Waals surface area contributed by atoms with Gasteiger partial charge in [-0.1, -0.05) is 44.0 Å². The summed E-state index contributed by atoms with van der Waals surface area (Å²) in [6, 6.07) is 4.35. The average molecular weight is 519 g/mol. The Bertz CT molecular complexity index is 976. The minimum absolute atomic E-state index is 0.0500. The summed E-state index contributed by atoms with van der Waals surface area (Å²) in [5, 5.41) is 24.6. The maximum atomic E-state index is 13.1. The first kappa shape index (κ1) is 30.9. The van der Waals surface area contributed by atoms with E-state index in [0.29, 0.717) is 24.0 Å². The number of hydrogen-bond acceptors (Lipinski definition) is 6. The number of carboxylic acid groups (broad SMARTS) is 1. The van der Waals surface area contributed by atoms with Gasteiger partial charge in [0, 0.05) is 19.2 Å². The van der Waals surface area contributed by atoms with Crippen molar-refractivity contribution in [1.82, 2.24) is 16.0 Å². The van der Waals surface area contributed by atoms with Crippen molar-refractivity contribution in [2.24, 2.45) is 28.1 Å². The van der Waals surface area contributed by atoms with Crippen LogP contribution in [-0.4, -0.2) is 66.3 Å². The average Bonchev–Trinajstić information content (AvgIpc) is 2.85. The number of rotatable bonds is 16. The number of amidine groups is 1. The summed E-state index contributed by atoms with van der Waals surface area (Å²) in [6.07, 6.45) is 2.06. The monoisotopic (exact) mass is 518 g/mol. The lowest BCUT2D eigenvalue weighted by molar-refractivity contribution is -0.142. The predicted molar refractivity (Wildman–Crippen MR) is 140 cm³/mol. The Hall–Kier alpha value is -4.16. The minimum atomic E-state index is -1.23. The molecule has 0 saturated carbocycles. The Kier molecular flexibility index (Phi) is 13.1. The van der Waals surface area contributed by atoms with E-state index in [-0.39, 0.29) is 37.6 Å². The van der Waals surface area contributed by atoms with Crippen LogP contribution >= 0.6 is 0 Å². The largest absolute Gasteiger partial charge is 0.480 e. The smallest absolute Gasteiger partial charge is 0.326 e. The number of nitrogens with two attached hydrogens (primary N) is 3. The van der Waals surface area contributed by atoms with Gasteiger partial charge in [-0.15, -0.1) is 0 Å². The van der Waals surface area contributed by atoms with Gasteiger partial charge in [0.15, 0.2) is 5.96 Å². The summed E-state index contributed by atoms with van der Waals surface area (Å²) < 4.78 is 0. The van der Waals surface area contributed by atoms with Crippen molar-refractivity contribution < 1.29 is 24.3 Å². The zero-order valence-electron chi connectivity index (χ0n) is 21.3. The number of aliphatic carboxylic acids is 1. The number of guanidine groups is 1.